The van der Waals surface area contributed by atoms with Gasteiger partial charge in [-0.2, -0.15) is 0 Å². The van der Waals surface area contributed by atoms with Gasteiger partial charge < -0.3 is 14.8 Å². The Morgan fingerprint density at radius 2 is 1.86 bits per heavy atom. The molecule has 21 heavy (non-hydrogen) atoms. The summed E-state index contributed by atoms with van der Waals surface area (Å²) in [6.07, 6.45) is 2.23. The molecule has 0 aliphatic carbocycles. The summed E-state index contributed by atoms with van der Waals surface area (Å²) in [4.78, 5) is 11.9. The molecule has 0 radical (unpaired) electrons. The lowest BCUT2D eigenvalue weighted by Gasteiger charge is -2.08. The fourth-order valence-electron chi connectivity index (χ4n) is 1.86. The number of amides is 1. The molecule has 0 heterocycles. The van der Waals surface area contributed by atoms with Crippen LogP contribution in [-0.4, -0.2) is 39.4 Å². The van der Waals surface area contributed by atoms with Crippen molar-refractivity contribution >= 4 is 5.91 Å². The van der Waals surface area contributed by atoms with E-state index in [0.717, 1.165) is 6.42 Å². The number of methoxy groups -OCH3 is 1. The Hall–Kier alpha value is -1.39. The summed E-state index contributed by atoms with van der Waals surface area (Å²) in [5.74, 6) is 0.645. The molecule has 0 bridgehead atoms. The highest BCUT2D eigenvalue weighted by Gasteiger charge is 2.05. The number of carbonyl (C=O) groups excluding carboxylic acids is 1. The third kappa shape index (κ3) is 7.83. The van der Waals surface area contributed by atoms with Crippen molar-refractivity contribution in [1.82, 2.24) is 5.32 Å². The maximum atomic E-state index is 11.9. The van der Waals surface area contributed by atoms with E-state index in [2.05, 4.69) is 19.2 Å². The number of hydrogen-bond donors (Lipinski definition) is 1. The van der Waals surface area contributed by atoms with Crippen LogP contribution in [0, 0.1) is 5.92 Å². The van der Waals surface area contributed by atoms with Crippen molar-refractivity contribution in [2.24, 2.45) is 5.92 Å². The number of nitrogens with one attached hydrogen (secondary N) is 1. The van der Waals surface area contributed by atoms with Crippen LogP contribution in [0.15, 0.2) is 24.3 Å². The summed E-state index contributed by atoms with van der Waals surface area (Å²) in [7, 11) is 1.63. The lowest BCUT2D eigenvalue weighted by molar-refractivity contribution is 0.0692. The summed E-state index contributed by atoms with van der Waals surface area (Å²) in [6.45, 7) is 6.58. The second kappa shape index (κ2) is 10.4. The lowest BCUT2D eigenvalue weighted by atomic mass is 10.0. The van der Waals surface area contributed by atoms with E-state index >= 15 is 0 Å². The third-order valence-electron chi connectivity index (χ3n) is 3.19. The molecule has 4 heteroatoms. The lowest BCUT2D eigenvalue weighted by Crippen LogP contribution is -2.27. The van der Waals surface area contributed by atoms with Crippen molar-refractivity contribution in [2.45, 2.75) is 26.7 Å². The van der Waals surface area contributed by atoms with Crippen LogP contribution in [0.5, 0.6) is 0 Å². The molecule has 0 aromatic heterocycles. The van der Waals surface area contributed by atoms with Crippen LogP contribution in [-0.2, 0) is 15.9 Å². The van der Waals surface area contributed by atoms with Gasteiger partial charge in [0.15, 0.2) is 0 Å². The van der Waals surface area contributed by atoms with E-state index in [1.54, 1.807) is 7.11 Å². The number of carbonyl (C=O) groups is 1. The van der Waals surface area contributed by atoms with E-state index in [9.17, 15) is 4.79 Å². The summed E-state index contributed by atoms with van der Waals surface area (Å²) in [6, 6.07) is 7.84. The Labute approximate surface area is 127 Å². The van der Waals surface area contributed by atoms with Gasteiger partial charge in [0.25, 0.3) is 5.91 Å². The van der Waals surface area contributed by atoms with Gasteiger partial charge in [0.1, 0.15) is 0 Å². The molecule has 1 aromatic rings. The number of hydrogen-bond acceptors (Lipinski definition) is 3. The molecule has 0 saturated heterocycles. The molecule has 0 spiro atoms. The van der Waals surface area contributed by atoms with Gasteiger partial charge >= 0.3 is 0 Å². The largest absolute Gasteiger partial charge is 0.382 e. The maximum Gasteiger partial charge on any atom is 0.251 e. The number of rotatable bonds is 10. The van der Waals surface area contributed by atoms with Crippen molar-refractivity contribution < 1.29 is 14.3 Å². The predicted molar refractivity (Wildman–Crippen MR) is 84.6 cm³/mol. The highest BCUT2D eigenvalue weighted by molar-refractivity contribution is 5.94. The van der Waals surface area contributed by atoms with E-state index in [4.69, 9.17) is 9.47 Å². The summed E-state index contributed by atoms with van der Waals surface area (Å²) < 4.78 is 10.2. The second-order valence-corrected chi connectivity index (χ2v) is 5.49. The molecular formula is C17H27NO3. The van der Waals surface area contributed by atoms with Crippen LogP contribution >= 0.6 is 0 Å². The molecule has 0 atom stereocenters. The Morgan fingerprint density at radius 3 is 2.48 bits per heavy atom. The minimum atomic E-state index is -0.0549. The molecule has 1 amide bonds. The van der Waals surface area contributed by atoms with Crippen LogP contribution in [0.25, 0.3) is 0 Å². The number of benzene rings is 1. The number of ether oxygens (including phenoxy) is 2. The molecule has 0 aliphatic rings. The van der Waals surface area contributed by atoms with Gasteiger partial charge in [-0.25, -0.2) is 0 Å². The zero-order valence-corrected chi connectivity index (χ0v) is 13.4. The second-order valence-electron chi connectivity index (χ2n) is 5.49. The van der Waals surface area contributed by atoms with Crippen LogP contribution in [0.4, 0.5) is 0 Å². The Balaban J connectivity index is 2.27. The smallest absolute Gasteiger partial charge is 0.251 e. The number of aryl methyl sites for hydroxylation is 1. The van der Waals surface area contributed by atoms with Crippen molar-refractivity contribution in [1.29, 1.82) is 0 Å². The van der Waals surface area contributed by atoms with Crippen molar-refractivity contribution in [3.63, 3.8) is 0 Å². The van der Waals surface area contributed by atoms with Crippen LogP contribution < -0.4 is 5.32 Å². The summed E-state index contributed by atoms with van der Waals surface area (Å²) in [5.41, 5.74) is 1.98. The standard InChI is InChI=1S/C17H27NO3/c1-14(2)4-5-15-6-8-16(9-7-15)17(19)18-10-11-21-13-12-20-3/h6-9,14H,4-5,10-13H2,1-3H3,(H,18,19). The quantitative estimate of drug-likeness (QED) is 0.675. The first kappa shape index (κ1) is 17.7. The van der Waals surface area contributed by atoms with E-state index in [1.807, 2.05) is 24.3 Å². The molecule has 0 unspecified atom stereocenters. The predicted octanol–water partition coefficient (Wildman–Crippen LogP) is 2.67. The zero-order valence-electron chi connectivity index (χ0n) is 13.4. The van der Waals surface area contributed by atoms with Crippen LogP contribution in [0.1, 0.15) is 36.2 Å². The highest BCUT2D eigenvalue weighted by atomic mass is 16.5. The van der Waals surface area contributed by atoms with Crippen molar-refractivity contribution in [2.75, 3.05) is 33.5 Å². The first-order valence-corrected chi connectivity index (χ1v) is 7.57. The van der Waals surface area contributed by atoms with Gasteiger partial charge in [-0.15, -0.1) is 0 Å². The molecule has 1 N–H and O–H groups in total. The average Bonchev–Trinajstić information content (AvgIpc) is 2.49. The first-order chi connectivity index (χ1) is 10.1. The summed E-state index contributed by atoms with van der Waals surface area (Å²) in [5, 5.41) is 2.84. The van der Waals surface area contributed by atoms with Gasteiger partial charge in [0.2, 0.25) is 0 Å². The van der Waals surface area contributed by atoms with Crippen molar-refractivity contribution in [3.8, 4) is 0 Å². The van der Waals surface area contributed by atoms with Gasteiger partial charge in [0, 0.05) is 19.2 Å². The van der Waals surface area contributed by atoms with E-state index in [-0.39, 0.29) is 5.91 Å². The minimum absolute atomic E-state index is 0.0549. The summed E-state index contributed by atoms with van der Waals surface area (Å²) >= 11 is 0. The van der Waals surface area contributed by atoms with Gasteiger partial charge in [-0.3, -0.25) is 4.79 Å². The van der Waals surface area contributed by atoms with Gasteiger partial charge in [0.05, 0.1) is 19.8 Å². The fourth-order valence-corrected chi connectivity index (χ4v) is 1.86. The topological polar surface area (TPSA) is 47.6 Å². The third-order valence-corrected chi connectivity index (χ3v) is 3.19. The SMILES string of the molecule is COCCOCCNC(=O)c1ccc(CCC(C)C)cc1. The average molecular weight is 293 g/mol. The van der Waals surface area contributed by atoms with E-state index in [0.29, 0.717) is 37.8 Å². The molecule has 4 nitrogen and oxygen atoms in total. The zero-order chi connectivity index (χ0) is 15.5. The van der Waals surface area contributed by atoms with Crippen molar-refractivity contribution in [3.05, 3.63) is 35.4 Å². The molecular weight excluding hydrogens is 266 g/mol. The molecule has 0 fully saturated rings. The van der Waals surface area contributed by atoms with Crippen LogP contribution in [0.2, 0.25) is 0 Å². The fraction of sp³-hybridized carbons (Fsp3) is 0.588. The first-order valence-electron chi connectivity index (χ1n) is 7.57. The van der Waals surface area contributed by atoms with E-state index < -0.39 is 0 Å². The minimum Gasteiger partial charge on any atom is -0.382 e. The van der Waals surface area contributed by atoms with Gasteiger partial charge in [-0.05, 0) is 36.5 Å². The molecule has 1 rings (SSSR count). The van der Waals surface area contributed by atoms with Gasteiger partial charge in [-0.1, -0.05) is 26.0 Å². The Morgan fingerprint density at radius 1 is 1.14 bits per heavy atom. The van der Waals surface area contributed by atoms with E-state index in [1.165, 1.54) is 12.0 Å². The molecule has 118 valence electrons. The normalized spacial score (nSPS) is 10.9. The van der Waals surface area contributed by atoms with Crippen LogP contribution in [0.3, 0.4) is 0 Å². The maximum absolute atomic E-state index is 11.9. The Bertz CT molecular complexity index is 401. The molecule has 0 saturated carbocycles. The Kier molecular flexibility index (Phi) is 8.71. The molecule has 1 aromatic carbocycles. The molecule has 0 aliphatic heterocycles. The highest BCUT2D eigenvalue weighted by Crippen LogP contribution is 2.10. The monoisotopic (exact) mass is 293 g/mol.